The number of aryl methyl sites for hydroxylation is 1. The van der Waals surface area contributed by atoms with Crippen LogP contribution < -0.4 is 10.9 Å². The molecule has 5 heteroatoms. The van der Waals surface area contributed by atoms with Crippen LogP contribution in [0.4, 0.5) is 5.69 Å². The van der Waals surface area contributed by atoms with Crippen molar-refractivity contribution in [2.75, 3.05) is 11.9 Å². The summed E-state index contributed by atoms with van der Waals surface area (Å²) in [6, 6.07) is 9.03. The van der Waals surface area contributed by atoms with Gasteiger partial charge in [0.1, 0.15) is 0 Å². The Hall–Kier alpha value is -1.81. The average molecular weight is 264 g/mol. The van der Waals surface area contributed by atoms with E-state index in [1.54, 1.807) is 17.8 Å². The molecule has 94 valence electrons. The summed E-state index contributed by atoms with van der Waals surface area (Å²) in [6.07, 6.45) is 1.56. The monoisotopic (exact) mass is 263 g/mol. The summed E-state index contributed by atoms with van der Waals surface area (Å²) in [7, 11) is 0. The number of aromatic nitrogens is 2. The van der Waals surface area contributed by atoms with Crippen LogP contribution in [0.3, 0.4) is 0 Å². The maximum Gasteiger partial charge on any atom is 0.253 e. The largest absolute Gasteiger partial charge is 0.382 e. The molecule has 4 nitrogen and oxygen atoms in total. The van der Waals surface area contributed by atoms with Gasteiger partial charge in [-0.25, -0.2) is 4.98 Å². The zero-order valence-corrected chi connectivity index (χ0v) is 10.8. The summed E-state index contributed by atoms with van der Waals surface area (Å²) in [5, 5.41) is 3.86. The molecule has 1 aromatic heterocycles. The SMILES string of the molecule is Cc1cc(=O)n(CCNc2ccccc2Cl)cn1. The molecule has 1 heterocycles. The van der Waals surface area contributed by atoms with Gasteiger partial charge in [0.25, 0.3) is 5.56 Å². The maximum absolute atomic E-state index is 11.6. The van der Waals surface area contributed by atoms with Gasteiger partial charge in [0, 0.05) is 24.8 Å². The molecule has 0 aliphatic rings. The van der Waals surface area contributed by atoms with Crippen molar-refractivity contribution in [2.24, 2.45) is 0 Å². The van der Waals surface area contributed by atoms with E-state index in [9.17, 15) is 4.79 Å². The Balaban J connectivity index is 1.97. The van der Waals surface area contributed by atoms with Gasteiger partial charge in [-0.15, -0.1) is 0 Å². The molecule has 0 bridgehead atoms. The van der Waals surface area contributed by atoms with E-state index in [1.165, 1.54) is 6.07 Å². The van der Waals surface area contributed by atoms with E-state index in [0.29, 0.717) is 18.1 Å². The molecule has 0 aliphatic carbocycles. The number of hydrogen-bond donors (Lipinski definition) is 1. The molecule has 0 fully saturated rings. The highest BCUT2D eigenvalue weighted by atomic mass is 35.5. The van der Waals surface area contributed by atoms with Crippen molar-refractivity contribution in [3.63, 3.8) is 0 Å². The molecule has 0 aliphatic heterocycles. The highest BCUT2D eigenvalue weighted by Crippen LogP contribution is 2.19. The lowest BCUT2D eigenvalue weighted by atomic mass is 10.3. The van der Waals surface area contributed by atoms with Crippen LogP contribution in [0.2, 0.25) is 5.02 Å². The molecular formula is C13H14ClN3O. The topological polar surface area (TPSA) is 46.9 Å². The van der Waals surface area contributed by atoms with Crippen molar-refractivity contribution in [1.82, 2.24) is 9.55 Å². The first-order valence-corrected chi connectivity index (χ1v) is 6.06. The first-order valence-electron chi connectivity index (χ1n) is 5.68. The van der Waals surface area contributed by atoms with Crippen LogP contribution in [0.1, 0.15) is 5.69 Å². The molecule has 0 amide bonds. The Bertz CT molecular complexity index is 595. The minimum Gasteiger partial charge on any atom is -0.382 e. The molecule has 18 heavy (non-hydrogen) atoms. The lowest BCUT2D eigenvalue weighted by Crippen LogP contribution is -2.23. The van der Waals surface area contributed by atoms with Crippen molar-refractivity contribution in [3.05, 3.63) is 57.7 Å². The van der Waals surface area contributed by atoms with Crippen molar-refractivity contribution >= 4 is 17.3 Å². The Kier molecular flexibility index (Phi) is 3.99. The Labute approximate surface area is 110 Å². The standard InChI is InChI=1S/C13H14ClN3O/c1-10-8-13(18)17(9-16-10)7-6-15-12-5-3-2-4-11(12)14/h2-5,8-9,15H,6-7H2,1H3. The first kappa shape index (κ1) is 12.6. The number of anilines is 1. The summed E-state index contributed by atoms with van der Waals surface area (Å²) in [4.78, 5) is 15.7. The molecule has 0 saturated heterocycles. The fourth-order valence-electron chi connectivity index (χ4n) is 1.60. The second kappa shape index (κ2) is 5.69. The van der Waals surface area contributed by atoms with E-state index in [-0.39, 0.29) is 5.56 Å². The molecule has 1 aromatic carbocycles. The second-order valence-electron chi connectivity index (χ2n) is 3.97. The number of para-hydroxylation sites is 1. The number of nitrogens with zero attached hydrogens (tertiary/aromatic N) is 2. The van der Waals surface area contributed by atoms with Crippen LogP contribution in [0, 0.1) is 6.92 Å². The summed E-state index contributed by atoms with van der Waals surface area (Å²) >= 11 is 6.01. The zero-order valence-electron chi connectivity index (χ0n) is 10.1. The normalized spacial score (nSPS) is 10.3. The molecule has 0 saturated carbocycles. The van der Waals surface area contributed by atoms with Crippen molar-refractivity contribution in [1.29, 1.82) is 0 Å². The molecule has 1 N–H and O–H groups in total. The molecular weight excluding hydrogens is 250 g/mol. The summed E-state index contributed by atoms with van der Waals surface area (Å²) in [6.45, 7) is 2.97. The average Bonchev–Trinajstić information content (AvgIpc) is 2.34. The van der Waals surface area contributed by atoms with E-state index in [1.807, 2.05) is 24.3 Å². The van der Waals surface area contributed by atoms with Gasteiger partial charge in [-0.1, -0.05) is 23.7 Å². The van der Waals surface area contributed by atoms with Gasteiger partial charge >= 0.3 is 0 Å². The van der Waals surface area contributed by atoms with Gasteiger partial charge in [-0.3, -0.25) is 9.36 Å². The number of nitrogens with one attached hydrogen (secondary N) is 1. The fourth-order valence-corrected chi connectivity index (χ4v) is 1.80. The van der Waals surface area contributed by atoms with Gasteiger partial charge in [0.15, 0.2) is 0 Å². The predicted octanol–water partition coefficient (Wildman–Crippen LogP) is 2.32. The van der Waals surface area contributed by atoms with Crippen LogP contribution in [-0.4, -0.2) is 16.1 Å². The predicted molar refractivity (Wildman–Crippen MR) is 73.2 cm³/mol. The van der Waals surface area contributed by atoms with E-state index >= 15 is 0 Å². The Morgan fingerprint density at radius 2 is 2.17 bits per heavy atom. The lowest BCUT2D eigenvalue weighted by molar-refractivity contribution is 0.676. The molecule has 2 rings (SSSR count). The maximum atomic E-state index is 11.6. The highest BCUT2D eigenvalue weighted by molar-refractivity contribution is 6.33. The van der Waals surface area contributed by atoms with Gasteiger partial charge in [-0.05, 0) is 19.1 Å². The van der Waals surface area contributed by atoms with Gasteiger partial charge in [-0.2, -0.15) is 0 Å². The number of rotatable bonds is 4. The quantitative estimate of drug-likeness (QED) is 0.921. The van der Waals surface area contributed by atoms with Crippen LogP contribution >= 0.6 is 11.6 Å². The van der Waals surface area contributed by atoms with Crippen LogP contribution in [0.25, 0.3) is 0 Å². The Morgan fingerprint density at radius 1 is 1.39 bits per heavy atom. The van der Waals surface area contributed by atoms with E-state index in [4.69, 9.17) is 11.6 Å². The number of benzene rings is 1. The molecule has 0 unspecified atom stereocenters. The third-order valence-electron chi connectivity index (χ3n) is 2.56. The minimum absolute atomic E-state index is 0.0385. The summed E-state index contributed by atoms with van der Waals surface area (Å²) < 4.78 is 1.57. The van der Waals surface area contributed by atoms with Gasteiger partial charge in [0.05, 0.1) is 17.0 Å². The molecule has 0 radical (unpaired) electrons. The van der Waals surface area contributed by atoms with Gasteiger partial charge < -0.3 is 5.32 Å². The third-order valence-corrected chi connectivity index (χ3v) is 2.89. The zero-order chi connectivity index (χ0) is 13.0. The summed E-state index contributed by atoms with van der Waals surface area (Å²) in [5.74, 6) is 0. The van der Waals surface area contributed by atoms with Crippen molar-refractivity contribution < 1.29 is 0 Å². The minimum atomic E-state index is -0.0385. The smallest absolute Gasteiger partial charge is 0.253 e. The van der Waals surface area contributed by atoms with E-state index in [0.717, 1.165) is 11.4 Å². The molecule has 0 atom stereocenters. The van der Waals surface area contributed by atoms with Gasteiger partial charge in [0.2, 0.25) is 0 Å². The molecule has 2 aromatic rings. The lowest BCUT2D eigenvalue weighted by Gasteiger charge is -2.09. The van der Waals surface area contributed by atoms with Crippen molar-refractivity contribution in [3.8, 4) is 0 Å². The number of hydrogen-bond acceptors (Lipinski definition) is 3. The number of halogens is 1. The fraction of sp³-hybridized carbons (Fsp3) is 0.231. The second-order valence-corrected chi connectivity index (χ2v) is 4.38. The van der Waals surface area contributed by atoms with E-state index in [2.05, 4.69) is 10.3 Å². The van der Waals surface area contributed by atoms with Crippen LogP contribution in [-0.2, 0) is 6.54 Å². The highest BCUT2D eigenvalue weighted by Gasteiger charge is 1.99. The summed E-state index contributed by atoms with van der Waals surface area (Å²) in [5.41, 5.74) is 1.56. The third kappa shape index (κ3) is 3.11. The first-order chi connectivity index (χ1) is 8.66. The van der Waals surface area contributed by atoms with Crippen LogP contribution in [0.5, 0.6) is 0 Å². The van der Waals surface area contributed by atoms with E-state index < -0.39 is 0 Å². The molecule has 0 spiro atoms. The Morgan fingerprint density at radius 3 is 2.89 bits per heavy atom. The van der Waals surface area contributed by atoms with Crippen molar-refractivity contribution in [2.45, 2.75) is 13.5 Å². The van der Waals surface area contributed by atoms with Crippen LogP contribution in [0.15, 0.2) is 41.5 Å².